The van der Waals surface area contributed by atoms with Crippen molar-refractivity contribution in [2.24, 2.45) is 5.73 Å². The van der Waals surface area contributed by atoms with Crippen LogP contribution in [0.3, 0.4) is 0 Å². The lowest BCUT2D eigenvalue weighted by Crippen LogP contribution is -2.47. The maximum atomic E-state index is 12.3. The van der Waals surface area contributed by atoms with Crippen LogP contribution in [0.15, 0.2) is 22.8 Å². The average Bonchev–Trinajstić information content (AvgIpc) is 3.06. The third-order valence-corrected chi connectivity index (χ3v) is 3.71. The largest absolute Gasteiger partial charge is 0.467 e. The Labute approximate surface area is 108 Å². The number of nitrogens with zero attached hydrogens (tertiary/aromatic N) is 1. The highest BCUT2D eigenvalue weighted by Gasteiger charge is 2.29. The zero-order valence-corrected chi connectivity index (χ0v) is 11.0. The van der Waals surface area contributed by atoms with Crippen molar-refractivity contribution in [3.8, 4) is 0 Å². The van der Waals surface area contributed by atoms with E-state index in [0.717, 1.165) is 18.6 Å². The molecule has 0 spiro atoms. The van der Waals surface area contributed by atoms with Crippen LogP contribution < -0.4 is 5.73 Å². The standard InChI is InChI=1S/C14H22N2O2/c1-2-13(15)14(17)16(11-6-3-4-7-11)10-12-8-5-9-18-12/h5,8-9,11,13H,2-4,6-7,10,15H2,1H3. The molecule has 100 valence electrons. The molecule has 1 aliphatic carbocycles. The van der Waals surface area contributed by atoms with Crippen LogP contribution in [0.4, 0.5) is 0 Å². The van der Waals surface area contributed by atoms with Crippen molar-refractivity contribution in [2.45, 2.75) is 57.7 Å². The van der Waals surface area contributed by atoms with Gasteiger partial charge in [0.05, 0.1) is 18.8 Å². The summed E-state index contributed by atoms with van der Waals surface area (Å²) in [5, 5.41) is 0. The molecule has 18 heavy (non-hydrogen) atoms. The van der Waals surface area contributed by atoms with Crippen LogP contribution in [0, 0.1) is 0 Å². The fourth-order valence-electron chi connectivity index (χ4n) is 2.56. The van der Waals surface area contributed by atoms with Gasteiger partial charge in [0.25, 0.3) is 0 Å². The zero-order chi connectivity index (χ0) is 13.0. The summed E-state index contributed by atoms with van der Waals surface area (Å²) >= 11 is 0. The van der Waals surface area contributed by atoms with Crippen LogP contribution in [-0.2, 0) is 11.3 Å². The molecule has 4 heteroatoms. The topological polar surface area (TPSA) is 59.5 Å². The summed E-state index contributed by atoms with van der Waals surface area (Å²) in [5.74, 6) is 0.888. The Bertz CT molecular complexity index is 369. The maximum absolute atomic E-state index is 12.3. The van der Waals surface area contributed by atoms with E-state index in [1.54, 1.807) is 6.26 Å². The van der Waals surface area contributed by atoms with Crippen LogP contribution in [0.5, 0.6) is 0 Å². The van der Waals surface area contributed by atoms with Crippen molar-refractivity contribution in [1.82, 2.24) is 4.90 Å². The van der Waals surface area contributed by atoms with Crippen LogP contribution in [0.1, 0.15) is 44.8 Å². The van der Waals surface area contributed by atoms with E-state index in [0.29, 0.717) is 19.0 Å². The molecule has 1 aromatic rings. The van der Waals surface area contributed by atoms with Gasteiger partial charge in [-0.05, 0) is 31.4 Å². The molecular weight excluding hydrogens is 228 g/mol. The van der Waals surface area contributed by atoms with Crippen molar-refractivity contribution in [2.75, 3.05) is 0 Å². The smallest absolute Gasteiger partial charge is 0.240 e. The molecule has 1 unspecified atom stereocenters. The van der Waals surface area contributed by atoms with Gasteiger partial charge in [-0.2, -0.15) is 0 Å². The van der Waals surface area contributed by atoms with Crippen LogP contribution in [-0.4, -0.2) is 22.9 Å². The zero-order valence-electron chi connectivity index (χ0n) is 11.0. The molecular formula is C14H22N2O2. The highest BCUT2D eigenvalue weighted by Crippen LogP contribution is 2.25. The number of carbonyl (C=O) groups is 1. The Morgan fingerprint density at radius 1 is 1.56 bits per heavy atom. The first kappa shape index (κ1) is 13.1. The number of nitrogens with two attached hydrogens (primary N) is 1. The SMILES string of the molecule is CCC(N)C(=O)N(Cc1ccco1)C1CCCC1. The Morgan fingerprint density at radius 3 is 2.83 bits per heavy atom. The van der Waals surface area contributed by atoms with E-state index < -0.39 is 0 Å². The number of hydrogen-bond acceptors (Lipinski definition) is 3. The van der Waals surface area contributed by atoms with Crippen molar-refractivity contribution in [3.63, 3.8) is 0 Å². The molecule has 1 aliphatic rings. The Balaban J connectivity index is 2.09. The second-order valence-corrected chi connectivity index (χ2v) is 5.00. The number of hydrogen-bond donors (Lipinski definition) is 1. The Hall–Kier alpha value is -1.29. The van der Waals surface area contributed by atoms with Gasteiger partial charge in [0, 0.05) is 6.04 Å². The van der Waals surface area contributed by atoms with Gasteiger partial charge in [0.2, 0.25) is 5.91 Å². The summed E-state index contributed by atoms with van der Waals surface area (Å²) in [4.78, 5) is 14.3. The van der Waals surface area contributed by atoms with Crippen LogP contribution >= 0.6 is 0 Å². The first-order valence-electron chi connectivity index (χ1n) is 6.80. The summed E-state index contributed by atoms with van der Waals surface area (Å²) in [6.07, 6.45) is 6.90. The number of amides is 1. The third-order valence-electron chi connectivity index (χ3n) is 3.71. The maximum Gasteiger partial charge on any atom is 0.240 e. The predicted octanol–water partition coefficient (Wildman–Crippen LogP) is 2.29. The minimum atomic E-state index is -0.388. The molecule has 2 N–H and O–H groups in total. The van der Waals surface area contributed by atoms with Gasteiger partial charge in [-0.3, -0.25) is 4.79 Å². The van der Waals surface area contributed by atoms with Gasteiger partial charge in [0.15, 0.2) is 0 Å². The van der Waals surface area contributed by atoms with E-state index in [2.05, 4.69) is 0 Å². The van der Waals surface area contributed by atoms with Gasteiger partial charge < -0.3 is 15.1 Å². The summed E-state index contributed by atoms with van der Waals surface area (Å²) in [7, 11) is 0. The average molecular weight is 250 g/mol. The van der Waals surface area contributed by atoms with Gasteiger partial charge in [-0.15, -0.1) is 0 Å². The fourth-order valence-corrected chi connectivity index (χ4v) is 2.56. The lowest BCUT2D eigenvalue weighted by Gasteiger charge is -2.30. The molecule has 0 saturated heterocycles. The quantitative estimate of drug-likeness (QED) is 0.872. The van der Waals surface area contributed by atoms with E-state index >= 15 is 0 Å². The molecule has 1 saturated carbocycles. The molecule has 1 aromatic heterocycles. The lowest BCUT2D eigenvalue weighted by molar-refractivity contribution is -0.136. The molecule has 1 atom stereocenters. The molecule has 4 nitrogen and oxygen atoms in total. The molecule has 0 radical (unpaired) electrons. The Morgan fingerprint density at radius 2 is 2.28 bits per heavy atom. The summed E-state index contributed by atoms with van der Waals surface area (Å²) in [6, 6.07) is 3.71. The second kappa shape index (κ2) is 6.05. The minimum absolute atomic E-state index is 0.0563. The van der Waals surface area contributed by atoms with Gasteiger partial charge >= 0.3 is 0 Å². The lowest BCUT2D eigenvalue weighted by atomic mass is 10.1. The number of rotatable bonds is 5. The predicted molar refractivity (Wildman–Crippen MR) is 69.8 cm³/mol. The monoisotopic (exact) mass is 250 g/mol. The third kappa shape index (κ3) is 2.93. The molecule has 1 fully saturated rings. The summed E-state index contributed by atoms with van der Waals surface area (Å²) in [6.45, 7) is 2.49. The fraction of sp³-hybridized carbons (Fsp3) is 0.643. The van der Waals surface area contributed by atoms with Crippen molar-refractivity contribution < 1.29 is 9.21 Å². The van der Waals surface area contributed by atoms with Crippen molar-refractivity contribution >= 4 is 5.91 Å². The molecule has 0 aliphatic heterocycles. The van der Waals surface area contributed by atoms with Crippen LogP contribution in [0.25, 0.3) is 0 Å². The minimum Gasteiger partial charge on any atom is -0.467 e. The highest BCUT2D eigenvalue weighted by atomic mass is 16.3. The molecule has 2 rings (SSSR count). The summed E-state index contributed by atoms with van der Waals surface area (Å²) < 4.78 is 5.35. The van der Waals surface area contributed by atoms with Crippen molar-refractivity contribution in [3.05, 3.63) is 24.2 Å². The summed E-state index contributed by atoms with van der Waals surface area (Å²) in [5.41, 5.74) is 5.89. The Kier molecular flexibility index (Phi) is 4.42. The molecule has 1 amide bonds. The van der Waals surface area contributed by atoms with Gasteiger partial charge in [-0.25, -0.2) is 0 Å². The van der Waals surface area contributed by atoms with E-state index in [1.165, 1.54) is 12.8 Å². The van der Waals surface area contributed by atoms with E-state index in [-0.39, 0.29) is 11.9 Å². The first-order chi connectivity index (χ1) is 8.72. The molecule has 0 bridgehead atoms. The van der Waals surface area contributed by atoms with E-state index in [4.69, 9.17) is 10.2 Å². The van der Waals surface area contributed by atoms with Crippen LogP contribution in [0.2, 0.25) is 0 Å². The molecule has 0 aromatic carbocycles. The van der Waals surface area contributed by atoms with E-state index in [1.807, 2.05) is 24.0 Å². The number of furan rings is 1. The second-order valence-electron chi connectivity index (χ2n) is 5.00. The van der Waals surface area contributed by atoms with Gasteiger partial charge in [0.1, 0.15) is 5.76 Å². The van der Waals surface area contributed by atoms with E-state index in [9.17, 15) is 4.79 Å². The highest BCUT2D eigenvalue weighted by molar-refractivity contribution is 5.81. The molecule has 1 heterocycles. The first-order valence-corrected chi connectivity index (χ1v) is 6.80. The normalized spacial score (nSPS) is 17.9. The number of carbonyl (C=O) groups excluding carboxylic acids is 1. The van der Waals surface area contributed by atoms with Crippen molar-refractivity contribution in [1.29, 1.82) is 0 Å². The van der Waals surface area contributed by atoms with Gasteiger partial charge in [-0.1, -0.05) is 19.8 Å².